The van der Waals surface area contributed by atoms with Gasteiger partial charge < -0.3 is 5.32 Å². The number of hydrogen-bond donors (Lipinski definition) is 1. The van der Waals surface area contributed by atoms with Crippen molar-refractivity contribution in [2.75, 3.05) is 12.8 Å². The largest absolute Gasteiger partial charge is 0.309 e. The third-order valence-electron chi connectivity index (χ3n) is 4.04. The van der Waals surface area contributed by atoms with E-state index >= 15 is 0 Å². The van der Waals surface area contributed by atoms with E-state index < -0.39 is 0 Å². The Hall–Kier alpha value is -0.810. The SMILES string of the molecule is CNC(c1cc2c(s1)CCSC2)c1cccc2ccsc12. The number of aryl methyl sites for hydroxylation is 1. The lowest BCUT2D eigenvalue weighted by atomic mass is 10.0. The Balaban J connectivity index is 1.81. The van der Waals surface area contributed by atoms with E-state index in [4.69, 9.17) is 0 Å². The fraction of sp³-hybridized carbons (Fsp3) is 0.294. The van der Waals surface area contributed by atoms with Gasteiger partial charge in [-0.05, 0) is 53.2 Å². The van der Waals surface area contributed by atoms with Crippen LogP contribution in [0.25, 0.3) is 10.1 Å². The van der Waals surface area contributed by atoms with Crippen LogP contribution in [0.1, 0.15) is 26.9 Å². The number of nitrogens with one attached hydrogen (secondary N) is 1. The van der Waals surface area contributed by atoms with Crippen LogP contribution in [-0.4, -0.2) is 12.8 Å². The lowest BCUT2D eigenvalue weighted by molar-refractivity contribution is 0.709. The summed E-state index contributed by atoms with van der Waals surface area (Å²) in [6.07, 6.45) is 1.24. The summed E-state index contributed by atoms with van der Waals surface area (Å²) in [4.78, 5) is 3.06. The molecule has 4 rings (SSSR count). The minimum Gasteiger partial charge on any atom is -0.309 e. The summed E-state index contributed by atoms with van der Waals surface area (Å²) in [5.41, 5.74) is 2.97. The van der Waals surface area contributed by atoms with E-state index in [1.165, 1.54) is 38.5 Å². The molecule has 1 nitrogen and oxygen atoms in total. The molecule has 1 unspecified atom stereocenters. The van der Waals surface area contributed by atoms with Crippen LogP contribution >= 0.6 is 34.4 Å². The summed E-state index contributed by atoms with van der Waals surface area (Å²) in [7, 11) is 2.07. The second-order valence-electron chi connectivity index (χ2n) is 5.31. The Morgan fingerprint density at radius 3 is 3.05 bits per heavy atom. The average molecular weight is 332 g/mol. The van der Waals surface area contributed by atoms with E-state index in [9.17, 15) is 0 Å². The highest BCUT2D eigenvalue weighted by Gasteiger charge is 2.21. The molecule has 0 amide bonds. The van der Waals surface area contributed by atoms with Gasteiger partial charge in [0.2, 0.25) is 0 Å². The second kappa shape index (κ2) is 5.76. The maximum atomic E-state index is 3.54. The molecular formula is C17H17NS3. The standard InChI is InChI=1S/C17H17NS3/c1-18-16(13-4-2-3-11-5-8-20-17(11)13)15-9-12-10-19-7-6-14(12)21-15/h2-5,8-9,16,18H,6-7,10H2,1H3. The lowest BCUT2D eigenvalue weighted by Crippen LogP contribution is -2.16. The molecule has 1 N–H and O–H groups in total. The normalized spacial score (nSPS) is 16.0. The van der Waals surface area contributed by atoms with Crippen molar-refractivity contribution >= 4 is 44.5 Å². The third-order valence-corrected chi connectivity index (χ3v) is 7.33. The fourth-order valence-corrected chi connectivity index (χ4v) is 6.46. The monoisotopic (exact) mass is 331 g/mol. The smallest absolute Gasteiger partial charge is 0.0682 e. The van der Waals surface area contributed by atoms with E-state index in [0.29, 0.717) is 6.04 Å². The number of benzene rings is 1. The molecule has 0 radical (unpaired) electrons. The molecule has 0 saturated carbocycles. The van der Waals surface area contributed by atoms with Crippen LogP contribution in [0, 0.1) is 0 Å². The molecule has 3 aromatic rings. The minimum absolute atomic E-state index is 0.313. The van der Waals surface area contributed by atoms with Crippen LogP contribution in [0.2, 0.25) is 0 Å². The number of rotatable bonds is 3. The zero-order chi connectivity index (χ0) is 14.2. The third kappa shape index (κ3) is 2.44. The van der Waals surface area contributed by atoms with Gasteiger partial charge in [0.1, 0.15) is 0 Å². The molecule has 0 bridgehead atoms. The first kappa shape index (κ1) is 13.8. The highest BCUT2D eigenvalue weighted by molar-refractivity contribution is 7.98. The predicted molar refractivity (Wildman–Crippen MR) is 96.9 cm³/mol. The van der Waals surface area contributed by atoms with Crippen molar-refractivity contribution in [3.63, 3.8) is 0 Å². The summed E-state index contributed by atoms with van der Waals surface area (Å²) in [5.74, 6) is 2.46. The van der Waals surface area contributed by atoms with Crippen LogP contribution in [0.3, 0.4) is 0 Å². The molecule has 1 atom stereocenters. The van der Waals surface area contributed by atoms with Crippen LogP contribution in [-0.2, 0) is 12.2 Å². The first-order valence-corrected chi connectivity index (χ1v) is 10.0. The van der Waals surface area contributed by atoms with Crippen molar-refractivity contribution in [2.24, 2.45) is 0 Å². The lowest BCUT2D eigenvalue weighted by Gasteiger charge is -2.16. The summed E-state index contributed by atoms with van der Waals surface area (Å²) in [6, 6.07) is 11.6. The van der Waals surface area contributed by atoms with E-state index in [1.807, 2.05) is 22.7 Å². The molecule has 0 spiro atoms. The second-order valence-corrected chi connectivity index (χ2v) is 8.50. The molecule has 2 aromatic heterocycles. The zero-order valence-corrected chi connectivity index (χ0v) is 14.3. The number of thiophene rings is 2. The van der Waals surface area contributed by atoms with Gasteiger partial charge in [0.25, 0.3) is 0 Å². The maximum absolute atomic E-state index is 3.54. The van der Waals surface area contributed by atoms with Crippen LogP contribution in [0.5, 0.6) is 0 Å². The van der Waals surface area contributed by atoms with Gasteiger partial charge in [0.05, 0.1) is 6.04 Å². The molecule has 108 valence electrons. The number of thioether (sulfide) groups is 1. The van der Waals surface area contributed by atoms with Crippen molar-refractivity contribution in [3.8, 4) is 0 Å². The fourth-order valence-electron chi connectivity index (χ4n) is 3.01. The van der Waals surface area contributed by atoms with E-state index in [2.05, 4.69) is 59.8 Å². The molecule has 0 aliphatic carbocycles. The molecule has 1 aromatic carbocycles. The van der Waals surface area contributed by atoms with Crippen molar-refractivity contribution in [1.82, 2.24) is 5.32 Å². The molecule has 0 fully saturated rings. The summed E-state index contributed by atoms with van der Waals surface area (Å²) in [5, 5.41) is 7.08. The first-order valence-electron chi connectivity index (χ1n) is 7.19. The molecule has 3 heterocycles. The Labute approximate surface area is 137 Å². The van der Waals surface area contributed by atoms with Gasteiger partial charge >= 0.3 is 0 Å². The topological polar surface area (TPSA) is 12.0 Å². The van der Waals surface area contributed by atoms with Gasteiger partial charge in [0.15, 0.2) is 0 Å². The van der Waals surface area contributed by atoms with Gasteiger partial charge in [-0.25, -0.2) is 0 Å². The van der Waals surface area contributed by atoms with Crippen LogP contribution in [0.4, 0.5) is 0 Å². The molecule has 4 heteroatoms. The van der Waals surface area contributed by atoms with Gasteiger partial charge in [-0.1, -0.05) is 18.2 Å². The molecule has 21 heavy (non-hydrogen) atoms. The van der Waals surface area contributed by atoms with Gasteiger partial charge in [-0.3, -0.25) is 0 Å². The zero-order valence-electron chi connectivity index (χ0n) is 11.9. The Morgan fingerprint density at radius 2 is 2.19 bits per heavy atom. The minimum atomic E-state index is 0.313. The summed E-state index contributed by atoms with van der Waals surface area (Å²) in [6.45, 7) is 0. The van der Waals surface area contributed by atoms with Crippen molar-refractivity contribution < 1.29 is 0 Å². The summed E-state index contributed by atoms with van der Waals surface area (Å²) >= 11 is 5.91. The van der Waals surface area contributed by atoms with Crippen molar-refractivity contribution in [3.05, 3.63) is 56.6 Å². The Morgan fingerprint density at radius 1 is 1.24 bits per heavy atom. The molecule has 1 aliphatic rings. The van der Waals surface area contributed by atoms with E-state index in [-0.39, 0.29) is 0 Å². The van der Waals surface area contributed by atoms with Crippen molar-refractivity contribution in [1.29, 1.82) is 0 Å². The molecule has 0 saturated heterocycles. The van der Waals surface area contributed by atoms with Crippen LogP contribution in [0.15, 0.2) is 35.7 Å². The first-order chi connectivity index (χ1) is 10.4. The highest BCUT2D eigenvalue weighted by atomic mass is 32.2. The molecular weight excluding hydrogens is 314 g/mol. The Bertz CT molecular complexity index is 748. The molecule has 1 aliphatic heterocycles. The van der Waals surface area contributed by atoms with Crippen LogP contribution < -0.4 is 5.32 Å². The predicted octanol–water partition coefficient (Wildman–Crippen LogP) is 5.06. The van der Waals surface area contributed by atoms with Gasteiger partial charge in [-0.2, -0.15) is 11.8 Å². The van der Waals surface area contributed by atoms with Gasteiger partial charge in [0, 0.05) is 20.2 Å². The number of hydrogen-bond acceptors (Lipinski definition) is 4. The number of fused-ring (bicyclic) bond motifs is 2. The quantitative estimate of drug-likeness (QED) is 0.720. The van der Waals surface area contributed by atoms with Crippen molar-refractivity contribution in [2.45, 2.75) is 18.2 Å². The maximum Gasteiger partial charge on any atom is 0.0682 e. The van der Waals surface area contributed by atoms with E-state index in [1.54, 1.807) is 10.4 Å². The average Bonchev–Trinajstić information content (AvgIpc) is 3.14. The summed E-state index contributed by atoms with van der Waals surface area (Å²) < 4.78 is 1.41. The van der Waals surface area contributed by atoms with E-state index in [0.717, 1.165) is 0 Å². The van der Waals surface area contributed by atoms with Gasteiger partial charge in [-0.15, -0.1) is 22.7 Å². The Kier molecular flexibility index (Phi) is 3.79. The highest BCUT2D eigenvalue weighted by Crippen LogP contribution is 2.39.